The fourth-order valence-corrected chi connectivity index (χ4v) is 2.06. The summed E-state index contributed by atoms with van der Waals surface area (Å²) in [7, 11) is 0. The van der Waals surface area contributed by atoms with Crippen molar-refractivity contribution in [2.75, 3.05) is 5.32 Å². The van der Waals surface area contributed by atoms with Crippen LogP contribution in [-0.4, -0.2) is 17.9 Å². The maximum absolute atomic E-state index is 12.5. The summed E-state index contributed by atoms with van der Waals surface area (Å²) < 4.78 is 37.5. The Kier molecular flexibility index (Phi) is 5.46. The van der Waals surface area contributed by atoms with Gasteiger partial charge in [0, 0.05) is 22.9 Å². The van der Waals surface area contributed by atoms with Crippen molar-refractivity contribution in [1.29, 1.82) is 0 Å². The third kappa shape index (κ3) is 5.07. The zero-order valence-electron chi connectivity index (χ0n) is 13.6. The van der Waals surface area contributed by atoms with E-state index in [4.69, 9.17) is 0 Å². The van der Waals surface area contributed by atoms with Crippen LogP contribution >= 0.6 is 0 Å². The number of rotatable bonds is 4. The third-order valence-electron chi connectivity index (χ3n) is 3.30. The van der Waals surface area contributed by atoms with Crippen molar-refractivity contribution in [2.45, 2.75) is 26.1 Å². The van der Waals surface area contributed by atoms with Gasteiger partial charge in [-0.1, -0.05) is 0 Å². The Morgan fingerprint density at radius 1 is 0.840 bits per heavy atom. The van der Waals surface area contributed by atoms with E-state index < -0.39 is 17.6 Å². The summed E-state index contributed by atoms with van der Waals surface area (Å²) in [6, 6.07) is 10.2. The molecule has 0 saturated heterocycles. The number of carbonyl (C=O) groups excluding carboxylic acids is 2. The van der Waals surface area contributed by atoms with Gasteiger partial charge in [-0.05, 0) is 62.4 Å². The van der Waals surface area contributed by atoms with Crippen LogP contribution in [0.15, 0.2) is 48.5 Å². The molecule has 0 aromatic heterocycles. The molecule has 0 atom stereocenters. The van der Waals surface area contributed by atoms with Crippen molar-refractivity contribution >= 4 is 17.5 Å². The number of alkyl halides is 3. The van der Waals surface area contributed by atoms with Crippen LogP contribution in [0, 0.1) is 0 Å². The monoisotopic (exact) mass is 350 g/mol. The van der Waals surface area contributed by atoms with Crippen molar-refractivity contribution in [3.05, 3.63) is 65.2 Å². The highest BCUT2D eigenvalue weighted by molar-refractivity contribution is 6.04. The summed E-state index contributed by atoms with van der Waals surface area (Å²) in [6.45, 7) is 3.69. The van der Waals surface area contributed by atoms with Gasteiger partial charge in [0.2, 0.25) is 0 Å². The van der Waals surface area contributed by atoms with E-state index in [2.05, 4.69) is 10.6 Å². The molecule has 2 rings (SSSR count). The minimum atomic E-state index is -4.44. The fraction of sp³-hybridized carbons (Fsp3) is 0.222. The first-order valence-corrected chi connectivity index (χ1v) is 7.56. The molecular weight excluding hydrogens is 333 g/mol. The third-order valence-corrected chi connectivity index (χ3v) is 3.30. The Hall–Kier alpha value is -2.83. The first-order valence-electron chi connectivity index (χ1n) is 7.56. The summed E-state index contributed by atoms with van der Waals surface area (Å²) in [6.07, 6.45) is -4.44. The van der Waals surface area contributed by atoms with Crippen LogP contribution in [-0.2, 0) is 6.18 Å². The van der Waals surface area contributed by atoms with Crippen LogP contribution in [0.1, 0.15) is 40.1 Å². The molecule has 2 amide bonds. The maximum atomic E-state index is 12.5. The van der Waals surface area contributed by atoms with E-state index in [9.17, 15) is 22.8 Å². The number of nitrogens with one attached hydrogen (secondary N) is 2. The van der Waals surface area contributed by atoms with Gasteiger partial charge in [-0.2, -0.15) is 13.2 Å². The molecule has 0 spiro atoms. The molecule has 0 heterocycles. The highest BCUT2D eigenvalue weighted by Crippen LogP contribution is 2.29. The van der Waals surface area contributed by atoms with Crippen LogP contribution in [0.2, 0.25) is 0 Å². The molecule has 2 aromatic carbocycles. The molecule has 4 nitrogen and oxygen atoms in total. The first kappa shape index (κ1) is 18.5. The summed E-state index contributed by atoms with van der Waals surface area (Å²) in [4.78, 5) is 23.9. The minimum Gasteiger partial charge on any atom is -0.350 e. The quantitative estimate of drug-likeness (QED) is 0.872. The van der Waals surface area contributed by atoms with E-state index in [1.54, 1.807) is 24.3 Å². The molecular formula is C18H17F3N2O2. The van der Waals surface area contributed by atoms with E-state index in [0.29, 0.717) is 11.3 Å². The predicted octanol–water partition coefficient (Wildman–Crippen LogP) is 4.10. The Balaban J connectivity index is 2.04. The second-order valence-corrected chi connectivity index (χ2v) is 5.73. The summed E-state index contributed by atoms with van der Waals surface area (Å²) >= 11 is 0. The number of halogens is 3. The van der Waals surface area contributed by atoms with E-state index >= 15 is 0 Å². The number of amides is 2. The molecule has 0 unspecified atom stereocenters. The van der Waals surface area contributed by atoms with Gasteiger partial charge < -0.3 is 10.6 Å². The molecule has 0 aliphatic heterocycles. The molecule has 0 fully saturated rings. The lowest BCUT2D eigenvalue weighted by Gasteiger charge is -2.10. The van der Waals surface area contributed by atoms with Gasteiger partial charge in [0.15, 0.2) is 0 Å². The highest BCUT2D eigenvalue weighted by atomic mass is 19.4. The molecule has 0 radical (unpaired) electrons. The van der Waals surface area contributed by atoms with Crippen molar-refractivity contribution in [2.24, 2.45) is 0 Å². The van der Waals surface area contributed by atoms with Crippen LogP contribution in [0.4, 0.5) is 18.9 Å². The zero-order valence-corrected chi connectivity index (χ0v) is 13.6. The van der Waals surface area contributed by atoms with Gasteiger partial charge in [-0.15, -0.1) is 0 Å². The van der Waals surface area contributed by atoms with Gasteiger partial charge in [0.05, 0.1) is 5.56 Å². The lowest BCUT2D eigenvalue weighted by molar-refractivity contribution is -0.137. The number of hydrogen-bond acceptors (Lipinski definition) is 2. The van der Waals surface area contributed by atoms with Gasteiger partial charge in [0.25, 0.3) is 11.8 Å². The average molecular weight is 350 g/mol. The van der Waals surface area contributed by atoms with E-state index in [-0.39, 0.29) is 17.5 Å². The van der Waals surface area contributed by atoms with Crippen molar-refractivity contribution in [3.63, 3.8) is 0 Å². The van der Waals surface area contributed by atoms with Crippen molar-refractivity contribution in [3.8, 4) is 0 Å². The second-order valence-electron chi connectivity index (χ2n) is 5.73. The zero-order chi connectivity index (χ0) is 18.6. The highest BCUT2D eigenvalue weighted by Gasteiger charge is 2.30. The Morgan fingerprint density at radius 3 is 1.80 bits per heavy atom. The Bertz CT molecular complexity index is 751. The van der Waals surface area contributed by atoms with Crippen LogP contribution in [0.3, 0.4) is 0 Å². The van der Waals surface area contributed by atoms with Gasteiger partial charge in [-0.25, -0.2) is 0 Å². The van der Waals surface area contributed by atoms with E-state index in [1.807, 2.05) is 13.8 Å². The summed E-state index contributed by atoms with van der Waals surface area (Å²) in [5, 5.41) is 5.32. The maximum Gasteiger partial charge on any atom is 0.416 e. The smallest absolute Gasteiger partial charge is 0.350 e. The fourth-order valence-electron chi connectivity index (χ4n) is 2.06. The first-order chi connectivity index (χ1) is 11.7. The number of benzene rings is 2. The molecule has 2 aromatic rings. The number of carbonyl (C=O) groups is 2. The Labute approximate surface area is 143 Å². The SMILES string of the molecule is CC(C)NC(=O)c1ccc(NC(=O)c2ccc(C(F)(F)F)cc2)cc1. The van der Waals surface area contributed by atoms with Gasteiger partial charge in [-0.3, -0.25) is 9.59 Å². The lowest BCUT2D eigenvalue weighted by atomic mass is 10.1. The van der Waals surface area contributed by atoms with E-state index in [0.717, 1.165) is 24.3 Å². The predicted molar refractivity (Wildman–Crippen MR) is 88.4 cm³/mol. The van der Waals surface area contributed by atoms with Gasteiger partial charge >= 0.3 is 6.18 Å². The molecule has 25 heavy (non-hydrogen) atoms. The standard InChI is InChI=1S/C18H17F3N2O2/c1-11(2)22-16(24)13-5-9-15(10-6-13)23-17(25)12-3-7-14(8-4-12)18(19,20)21/h3-11H,1-2H3,(H,22,24)(H,23,25). The molecule has 2 N–H and O–H groups in total. The van der Waals surface area contributed by atoms with Crippen LogP contribution in [0.25, 0.3) is 0 Å². The van der Waals surface area contributed by atoms with E-state index in [1.165, 1.54) is 0 Å². The molecule has 0 aliphatic carbocycles. The average Bonchev–Trinajstić information content (AvgIpc) is 2.54. The normalized spacial score (nSPS) is 11.3. The minimum absolute atomic E-state index is 0.00606. The van der Waals surface area contributed by atoms with Crippen LogP contribution < -0.4 is 10.6 Å². The number of anilines is 1. The lowest BCUT2D eigenvalue weighted by Crippen LogP contribution is -2.30. The van der Waals surface area contributed by atoms with Crippen molar-refractivity contribution < 1.29 is 22.8 Å². The van der Waals surface area contributed by atoms with Crippen molar-refractivity contribution in [1.82, 2.24) is 5.32 Å². The molecule has 0 aliphatic rings. The molecule has 0 saturated carbocycles. The molecule has 0 bridgehead atoms. The summed E-state index contributed by atoms with van der Waals surface area (Å²) in [5.41, 5.74) is 0.173. The molecule has 7 heteroatoms. The molecule has 132 valence electrons. The largest absolute Gasteiger partial charge is 0.416 e. The summed E-state index contributed by atoms with van der Waals surface area (Å²) in [5.74, 6) is -0.760. The Morgan fingerprint density at radius 2 is 1.32 bits per heavy atom. The van der Waals surface area contributed by atoms with Gasteiger partial charge in [0.1, 0.15) is 0 Å². The van der Waals surface area contributed by atoms with Crippen LogP contribution in [0.5, 0.6) is 0 Å². The number of hydrogen-bond donors (Lipinski definition) is 2. The topological polar surface area (TPSA) is 58.2 Å². The second kappa shape index (κ2) is 7.38.